The van der Waals surface area contributed by atoms with Crippen molar-refractivity contribution in [1.29, 1.82) is 0 Å². The maximum Gasteiger partial charge on any atom is -0.0327 e. The summed E-state index contributed by atoms with van der Waals surface area (Å²) in [5, 5.41) is 0. The van der Waals surface area contributed by atoms with Gasteiger partial charge in [-0.25, -0.2) is 0 Å². The van der Waals surface area contributed by atoms with Gasteiger partial charge in [0.2, 0.25) is 0 Å². The number of hydrogen-bond acceptors (Lipinski definition) is 0. The van der Waals surface area contributed by atoms with Gasteiger partial charge >= 0.3 is 0 Å². The molecule has 1 radical (unpaired) electrons. The predicted octanol–water partition coefficient (Wildman–Crippen LogP) is 5.62. The van der Waals surface area contributed by atoms with Crippen molar-refractivity contribution in [2.24, 2.45) is 11.8 Å². The topological polar surface area (TPSA) is 0 Å². The van der Waals surface area contributed by atoms with Crippen LogP contribution in [0.15, 0.2) is 0 Å². The standard InChI is InChI=1S/C15H31/c1-5-8-10-11-14(4)13-15(7-3)12-9-6-2/h13-15H,5-12H2,1-4H3. The van der Waals surface area contributed by atoms with Crippen LogP contribution in [0.2, 0.25) is 0 Å². The summed E-state index contributed by atoms with van der Waals surface area (Å²) < 4.78 is 0. The second-order valence-electron chi connectivity index (χ2n) is 4.98. The van der Waals surface area contributed by atoms with Gasteiger partial charge in [0, 0.05) is 0 Å². The molecule has 0 heterocycles. The van der Waals surface area contributed by atoms with Crippen LogP contribution < -0.4 is 0 Å². The summed E-state index contributed by atoms with van der Waals surface area (Å²) in [7, 11) is 0. The number of rotatable bonds is 10. The molecule has 15 heavy (non-hydrogen) atoms. The lowest BCUT2D eigenvalue weighted by Gasteiger charge is -2.19. The highest BCUT2D eigenvalue weighted by atomic mass is 14.2. The molecular weight excluding hydrogens is 180 g/mol. The highest BCUT2D eigenvalue weighted by Crippen LogP contribution is 2.23. The van der Waals surface area contributed by atoms with E-state index in [2.05, 4.69) is 34.1 Å². The molecule has 0 aliphatic heterocycles. The Labute approximate surface area is 97.8 Å². The Hall–Kier alpha value is 0. The molecule has 0 nitrogen and oxygen atoms in total. The Morgan fingerprint density at radius 2 is 1.53 bits per heavy atom. The molecule has 2 atom stereocenters. The second kappa shape index (κ2) is 10.5. The third-order valence-corrected chi connectivity index (χ3v) is 3.32. The van der Waals surface area contributed by atoms with Crippen LogP contribution in [0.5, 0.6) is 0 Å². The first-order valence-corrected chi connectivity index (χ1v) is 7.09. The molecule has 0 aromatic heterocycles. The average molecular weight is 211 g/mol. The van der Waals surface area contributed by atoms with Crippen molar-refractivity contribution >= 4 is 0 Å². The van der Waals surface area contributed by atoms with Crippen molar-refractivity contribution in [2.75, 3.05) is 0 Å². The van der Waals surface area contributed by atoms with E-state index in [9.17, 15) is 0 Å². The normalized spacial score (nSPS) is 15.2. The third-order valence-electron chi connectivity index (χ3n) is 3.32. The Morgan fingerprint density at radius 3 is 2.07 bits per heavy atom. The minimum atomic E-state index is 0.832. The molecule has 0 saturated heterocycles. The first-order valence-electron chi connectivity index (χ1n) is 7.09. The summed E-state index contributed by atoms with van der Waals surface area (Å²) >= 11 is 0. The molecule has 0 fully saturated rings. The van der Waals surface area contributed by atoms with E-state index in [-0.39, 0.29) is 0 Å². The monoisotopic (exact) mass is 211 g/mol. The predicted molar refractivity (Wildman–Crippen MR) is 70.9 cm³/mol. The lowest BCUT2D eigenvalue weighted by atomic mass is 9.87. The van der Waals surface area contributed by atoms with E-state index in [1.807, 2.05) is 0 Å². The van der Waals surface area contributed by atoms with E-state index < -0.39 is 0 Å². The van der Waals surface area contributed by atoms with Crippen molar-refractivity contribution in [3.05, 3.63) is 6.42 Å². The molecule has 0 rings (SSSR count). The lowest BCUT2D eigenvalue weighted by molar-refractivity contribution is 0.430. The van der Waals surface area contributed by atoms with Gasteiger partial charge in [0.25, 0.3) is 0 Å². The first-order chi connectivity index (χ1) is 7.24. The quantitative estimate of drug-likeness (QED) is 0.411. The van der Waals surface area contributed by atoms with E-state index in [4.69, 9.17) is 0 Å². The fraction of sp³-hybridized carbons (Fsp3) is 0.933. The Morgan fingerprint density at radius 1 is 0.867 bits per heavy atom. The SMILES string of the molecule is CCCCCC(C)[CH]C(CC)CCCC. The van der Waals surface area contributed by atoms with E-state index in [0.717, 1.165) is 11.8 Å². The molecule has 0 aromatic carbocycles. The number of hydrogen-bond donors (Lipinski definition) is 0. The van der Waals surface area contributed by atoms with Crippen molar-refractivity contribution in [1.82, 2.24) is 0 Å². The summed E-state index contributed by atoms with van der Waals surface area (Å²) in [4.78, 5) is 0. The molecule has 0 N–H and O–H groups in total. The molecule has 0 saturated carbocycles. The van der Waals surface area contributed by atoms with Gasteiger partial charge in [0.05, 0.1) is 0 Å². The molecule has 91 valence electrons. The van der Waals surface area contributed by atoms with Crippen molar-refractivity contribution in [2.45, 2.75) is 79.1 Å². The van der Waals surface area contributed by atoms with Crippen LogP contribution >= 0.6 is 0 Å². The lowest BCUT2D eigenvalue weighted by Crippen LogP contribution is -2.07. The third kappa shape index (κ3) is 8.96. The summed E-state index contributed by atoms with van der Waals surface area (Å²) in [6.45, 7) is 9.29. The van der Waals surface area contributed by atoms with Crippen LogP contribution in [0.3, 0.4) is 0 Å². The van der Waals surface area contributed by atoms with E-state index >= 15 is 0 Å². The number of unbranched alkanes of at least 4 members (excludes halogenated alkanes) is 3. The van der Waals surface area contributed by atoms with Gasteiger partial charge in [-0.15, -0.1) is 0 Å². The van der Waals surface area contributed by atoms with Gasteiger partial charge in [-0.1, -0.05) is 79.1 Å². The Kier molecular flexibility index (Phi) is 10.5. The van der Waals surface area contributed by atoms with Crippen LogP contribution in [0.4, 0.5) is 0 Å². The van der Waals surface area contributed by atoms with Crippen LogP contribution in [-0.4, -0.2) is 0 Å². The average Bonchev–Trinajstić information content (AvgIpc) is 2.24. The van der Waals surface area contributed by atoms with Gasteiger partial charge in [0.15, 0.2) is 0 Å². The molecule has 0 bridgehead atoms. The van der Waals surface area contributed by atoms with E-state index in [1.165, 1.54) is 51.4 Å². The van der Waals surface area contributed by atoms with Crippen molar-refractivity contribution < 1.29 is 0 Å². The van der Waals surface area contributed by atoms with Crippen LogP contribution in [0, 0.1) is 18.3 Å². The second-order valence-corrected chi connectivity index (χ2v) is 4.98. The molecule has 0 aromatic rings. The summed E-state index contributed by atoms with van der Waals surface area (Å²) in [6, 6.07) is 0. The minimum absolute atomic E-state index is 0.832. The summed E-state index contributed by atoms with van der Waals surface area (Å²) in [5.74, 6) is 1.71. The zero-order valence-corrected chi connectivity index (χ0v) is 11.4. The first kappa shape index (κ1) is 15.0. The molecule has 2 unspecified atom stereocenters. The van der Waals surface area contributed by atoms with E-state index in [1.54, 1.807) is 0 Å². The molecule has 0 aliphatic rings. The van der Waals surface area contributed by atoms with Crippen LogP contribution in [-0.2, 0) is 0 Å². The summed E-state index contributed by atoms with van der Waals surface area (Å²) in [6.07, 6.45) is 13.7. The zero-order chi connectivity index (χ0) is 11.5. The molecule has 0 spiro atoms. The van der Waals surface area contributed by atoms with Crippen molar-refractivity contribution in [3.63, 3.8) is 0 Å². The van der Waals surface area contributed by atoms with Gasteiger partial charge < -0.3 is 0 Å². The highest BCUT2D eigenvalue weighted by molar-refractivity contribution is 4.80. The molecular formula is C15H31. The maximum absolute atomic E-state index is 2.62. The van der Waals surface area contributed by atoms with Gasteiger partial charge in [0.1, 0.15) is 0 Å². The Bertz CT molecular complexity index is 117. The highest BCUT2D eigenvalue weighted by Gasteiger charge is 2.11. The van der Waals surface area contributed by atoms with Crippen LogP contribution in [0.25, 0.3) is 0 Å². The van der Waals surface area contributed by atoms with E-state index in [0.29, 0.717) is 0 Å². The Balaban J connectivity index is 3.55. The fourth-order valence-corrected chi connectivity index (χ4v) is 2.18. The van der Waals surface area contributed by atoms with Crippen LogP contribution in [0.1, 0.15) is 79.1 Å². The molecule has 0 heteroatoms. The van der Waals surface area contributed by atoms with Gasteiger partial charge in [-0.3, -0.25) is 0 Å². The minimum Gasteiger partial charge on any atom is -0.0654 e. The van der Waals surface area contributed by atoms with Gasteiger partial charge in [-0.2, -0.15) is 0 Å². The smallest absolute Gasteiger partial charge is 0.0327 e. The van der Waals surface area contributed by atoms with Crippen molar-refractivity contribution in [3.8, 4) is 0 Å². The molecule has 0 amide bonds. The fourth-order valence-electron chi connectivity index (χ4n) is 2.18. The molecule has 0 aliphatic carbocycles. The van der Waals surface area contributed by atoms with Gasteiger partial charge in [-0.05, 0) is 18.3 Å². The zero-order valence-electron chi connectivity index (χ0n) is 11.4. The largest absolute Gasteiger partial charge is 0.0654 e. The summed E-state index contributed by atoms with van der Waals surface area (Å²) in [5.41, 5.74) is 0. The maximum atomic E-state index is 2.62.